The Bertz CT molecular complexity index is 578. The normalized spacial score (nSPS) is 11.2. The van der Waals surface area contributed by atoms with Crippen LogP contribution in [0.1, 0.15) is 24.0 Å². The van der Waals surface area contributed by atoms with Gasteiger partial charge in [-0.1, -0.05) is 11.8 Å². The Morgan fingerprint density at radius 1 is 1.16 bits per heavy atom. The Kier molecular flexibility index (Phi) is 12.6. The molecule has 0 bridgehead atoms. The van der Waals surface area contributed by atoms with Crippen molar-refractivity contribution < 1.29 is 13.2 Å². The van der Waals surface area contributed by atoms with Crippen LogP contribution in [0.4, 0.5) is 13.2 Å². The van der Waals surface area contributed by atoms with Gasteiger partial charge in [-0.15, -0.1) is 24.0 Å². The lowest BCUT2D eigenvalue weighted by Crippen LogP contribution is -2.37. The third kappa shape index (κ3) is 10.5. The Morgan fingerprint density at radius 3 is 2.40 bits per heavy atom. The Morgan fingerprint density at radius 2 is 1.84 bits per heavy atom. The van der Waals surface area contributed by atoms with Crippen LogP contribution >= 0.6 is 35.7 Å². The molecule has 0 aliphatic rings. The van der Waals surface area contributed by atoms with Crippen molar-refractivity contribution in [3.8, 4) is 11.8 Å². The maximum Gasteiger partial charge on any atom is 0.416 e. The summed E-state index contributed by atoms with van der Waals surface area (Å²) >= 11 is 1.83. The monoisotopic (exact) mass is 485 g/mol. The van der Waals surface area contributed by atoms with Gasteiger partial charge in [0.2, 0.25) is 0 Å². The predicted octanol–water partition coefficient (Wildman–Crippen LogP) is 3.98. The zero-order valence-electron chi connectivity index (χ0n) is 14.2. The number of nitrogens with zero attached hydrogens (tertiary/aromatic N) is 1. The second-order valence-corrected chi connectivity index (χ2v) is 5.91. The first-order chi connectivity index (χ1) is 11.5. The van der Waals surface area contributed by atoms with E-state index in [4.69, 9.17) is 0 Å². The largest absolute Gasteiger partial charge is 0.416 e. The van der Waals surface area contributed by atoms with Crippen molar-refractivity contribution >= 4 is 41.7 Å². The molecule has 0 atom stereocenters. The lowest BCUT2D eigenvalue weighted by molar-refractivity contribution is -0.137. The highest BCUT2D eigenvalue weighted by Crippen LogP contribution is 2.28. The first kappa shape index (κ1) is 23.9. The van der Waals surface area contributed by atoms with Crippen molar-refractivity contribution in [2.45, 2.75) is 19.0 Å². The number of benzene rings is 1. The van der Waals surface area contributed by atoms with E-state index in [1.54, 1.807) is 7.05 Å². The standard InChI is InChI=1S/C17H22F3N3S.HI/c1-21-16(22-11-3-4-13-24-2)23-12-5-6-14-7-9-15(10-8-14)17(18,19)20;/h7-10H,3-4,11-13H2,1-2H3,(H2,21,22,23);1H. The molecule has 0 radical (unpaired) electrons. The summed E-state index contributed by atoms with van der Waals surface area (Å²) in [5, 5.41) is 6.23. The van der Waals surface area contributed by atoms with Gasteiger partial charge in [0, 0.05) is 19.2 Å². The summed E-state index contributed by atoms with van der Waals surface area (Å²) in [7, 11) is 1.68. The van der Waals surface area contributed by atoms with Gasteiger partial charge in [-0.05, 0) is 49.1 Å². The summed E-state index contributed by atoms with van der Waals surface area (Å²) in [5.74, 6) is 7.50. The van der Waals surface area contributed by atoms with Gasteiger partial charge in [-0.2, -0.15) is 24.9 Å². The fourth-order valence-corrected chi connectivity index (χ4v) is 2.31. The number of alkyl halides is 3. The molecule has 1 aromatic carbocycles. The summed E-state index contributed by atoms with van der Waals surface area (Å²) in [6, 6.07) is 4.81. The lowest BCUT2D eigenvalue weighted by atomic mass is 10.1. The van der Waals surface area contributed by atoms with E-state index in [0.717, 1.165) is 37.3 Å². The van der Waals surface area contributed by atoms with Crippen molar-refractivity contribution in [1.29, 1.82) is 0 Å². The molecule has 0 fully saturated rings. The molecule has 1 rings (SSSR count). The summed E-state index contributed by atoms with van der Waals surface area (Å²) in [4.78, 5) is 4.09. The van der Waals surface area contributed by atoms with E-state index in [1.807, 2.05) is 11.8 Å². The maximum absolute atomic E-state index is 12.5. The van der Waals surface area contributed by atoms with Gasteiger partial charge in [0.25, 0.3) is 0 Å². The summed E-state index contributed by atoms with van der Waals surface area (Å²) in [6.45, 7) is 1.21. The van der Waals surface area contributed by atoms with Crippen molar-refractivity contribution in [2.24, 2.45) is 4.99 Å². The van der Waals surface area contributed by atoms with Crippen molar-refractivity contribution in [3.63, 3.8) is 0 Å². The molecule has 1 aromatic rings. The van der Waals surface area contributed by atoms with E-state index < -0.39 is 11.7 Å². The maximum atomic E-state index is 12.5. The quantitative estimate of drug-likeness (QED) is 0.211. The van der Waals surface area contributed by atoms with E-state index in [0.29, 0.717) is 18.1 Å². The summed E-state index contributed by atoms with van der Waals surface area (Å²) in [5.41, 5.74) is -0.123. The van der Waals surface area contributed by atoms with Crippen LogP contribution in [0.3, 0.4) is 0 Å². The molecule has 8 heteroatoms. The van der Waals surface area contributed by atoms with Gasteiger partial charge in [0.15, 0.2) is 5.96 Å². The number of hydrogen-bond acceptors (Lipinski definition) is 2. The molecular weight excluding hydrogens is 462 g/mol. The van der Waals surface area contributed by atoms with Crippen LogP contribution < -0.4 is 10.6 Å². The number of rotatable bonds is 6. The fourth-order valence-electron chi connectivity index (χ4n) is 1.82. The Labute approximate surface area is 168 Å². The predicted molar refractivity (Wildman–Crippen MR) is 111 cm³/mol. The SMILES string of the molecule is CN=C(NCC#Cc1ccc(C(F)(F)F)cc1)NCCCCSC.I. The molecule has 140 valence electrons. The first-order valence-electron chi connectivity index (χ1n) is 7.57. The van der Waals surface area contributed by atoms with Crippen molar-refractivity contribution in [3.05, 3.63) is 35.4 Å². The average molecular weight is 485 g/mol. The number of nitrogens with one attached hydrogen (secondary N) is 2. The van der Waals surface area contributed by atoms with Gasteiger partial charge in [0.1, 0.15) is 0 Å². The number of hydrogen-bond donors (Lipinski definition) is 2. The average Bonchev–Trinajstić information content (AvgIpc) is 2.56. The summed E-state index contributed by atoms with van der Waals surface area (Å²) < 4.78 is 37.4. The molecule has 0 aliphatic heterocycles. The fraction of sp³-hybridized carbons (Fsp3) is 0.471. The molecule has 0 amide bonds. The molecule has 25 heavy (non-hydrogen) atoms. The van der Waals surface area contributed by atoms with E-state index in [2.05, 4.69) is 33.7 Å². The number of aliphatic imine (C=N–C) groups is 1. The number of unbranched alkanes of at least 4 members (excludes halogenated alkanes) is 1. The number of halogens is 4. The zero-order chi connectivity index (χ0) is 17.8. The molecule has 0 unspecified atom stereocenters. The third-order valence-electron chi connectivity index (χ3n) is 3.08. The molecular formula is C17H23F3IN3S. The Hall–Kier alpha value is -1.08. The van der Waals surface area contributed by atoms with Gasteiger partial charge < -0.3 is 10.6 Å². The van der Waals surface area contributed by atoms with E-state index in [9.17, 15) is 13.2 Å². The minimum Gasteiger partial charge on any atom is -0.356 e. The molecule has 0 saturated heterocycles. The van der Waals surface area contributed by atoms with Crippen LogP contribution in [-0.2, 0) is 6.18 Å². The van der Waals surface area contributed by atoms with Gasteiger partial charge in [-0.3, -0.25) is 4.99 Å². The molecule has 0 aliphatic carbocycles. The molecule has 2 N–H and O–H groups in total. The van der Waals surface area contributed by atoms with E-state index in [1.165, 1.54) is 12.1 Å². The van der Waals surface area contributed by atoms with Crippen molar-refractivity contribution in [1.82, 2.24) is 10.6 Å². The minimum absolute atomic E-state index is 0. The van der Waals surface area contributed by atoms with Crippen LogP contribution in [0, 0.1) is 11.8 Å². The number of guanidine groups is 1. The molecule has 0 heterocycles. The molecule has 0 saturated carbocycles. The highest BCUT2D eigenvalue weighted by atomic mass is 127. The van der Waals surface area contributed by atoms with Gasteiger partial charge >= 0.3 is 6.18 Å². The zero-order valence-corrected chi connectivity index (χ0v) is 17.4. The van der Waals surface area contributed by atoms with E-state index in [-0.39, 0.29) is 24.0 Å². The first-order valence-corrected chi connectivity index (χ1v) is 8.96. The second-order valence-electron chi connectivity index (χ2n) is 4.93. The smallest absolute Gasteiger partial charge is 0.356 e. The Balaban J connectivity index is 0.00000576. The van der Waals surface area contributed by atoms with Crippen LogP contribution in [0.5, 0.6) is 0 Å². The highest BCUT2D eigenvalue weighted by molar-refractivity contribution is 14.0. The molecule has 0 spiro atoms. The molecule has 3 nitrogen and oxygen atoms in total. The number of thioether (sulfide) groups is 1. The highest BCUT2D eigenvalue weighted by Gasteiger charge is 2.29. The second kappa shape index (κ2) is 13.2. The summed E-state index contributed by atoms with van der Waals surface area (Å²) in [6.07, 6.45) is -0.0115. The minimum atomic E-state index is -4.32. The van der Waals surface area contributed by atoms with Gasteiger partial charge in [-0.25, -0.2) is 0 Å². The van der Waals surface area contributed by atoms with Crippen molar-refractivity contribution in [2.75, 3.05) is 32.1 Å². The molecule has 0 aromatic heterocycles. The van der Waals surface area contributed by atoms with Crippen LogP contribution in [0.25, 0.3) is 0 Å². The van der Waals surface area contributed by atoms with E-state index >= 15 is 0 Å². The topological polar surface area (TPSA) is 36.4 Å². The van der Waals surface area contributed by atoms with Crippen LogP contribution in [0.2, 0.25) is 0 Å². The van der Waals surface area contributed by atoms with Crippen LogP contribution in [-0.4, -0.2) is 38.1 Å². The van der Waals surface area contributed by atoms with Crippen LogP contribution in [0.15, 0.2) is 29.3 Å². The lowest BCUT2D eigenvalue weighted by Gasteiger charge is -2.09. The van der Waals surface area contributed by atoms with Gasteiger partial charge in [0.05, 0.1) is 12.1 Å². The third-order valence-corrected chi connectivity index (χ3v) is 3.78.